The van der Waals surface area contributed by atoms with E-state index in [2.05, 4.69) is 17.0 Å². The Bertz CT molecular complexity index is 446. The van der Waals surface area contributed by atoms with Crippen LogP contribution in [-0.2, 0) is 11.3 Å². The van der Waals surface area contributed by atoms with E-state index in [0.29, 0.717) is 17.9 Å². The molecule has 5 nitrogen and oxygen atoms in total. The maximum Gasteiger partial charge on any atom is 0.341 e. The summed E-state index contributed by atoms with van der Waals surface area (Å²) in [5.41, 5.74) is 0.199. The highest BCUT2D eigenvalue weighted by Gasteiger charge is 2.33. The van der Waals surface area contributed by atoms with E-state index in [1.165, 1.54) is 13.4 Å². The topological polar surface area (TPSA) is 71.7 Å². The SMILES string of the molecule is COC(=O)c1coc(CNC2(CO)CCC(C)CC2)c1. The average molecular weight is 281 g/mol. The van der Waals surface area contributed by atoms with Gasteiger partial charge in [-0.25, -0.2) is 4.79 Å². The van der Waals surface area contributed by atoms with Crippen LogP contribution in [0.5, 0.6) is 0 Å². The largest absolute Gasteiger partial charge is 0.467 e. The van der Waals surface area contributed by atoms with Gasteiger partial charge in [0.1, 0.15) is 12.0 Å². The number of aliphatic hydroxyl groups is 1. The van der Waals surface area contributed by atoms with E-state index in [0.717, 1.165) is 31.6 Å². The first-order chi connectivity index (χ1) is 9.58. The Balaban J connectivity index is 1.93. The van der Waals surface area contributed by atoms with Gasteiger partial charge in [0.05, 0.1) is 25.8 Å². The molecule has 1 fully saturated rings. The van der Waals surface area contributed by atoms with Crippen molar-refractivity contribution in [1.29, 1.82) is 0 Å². The highest BCUT2D eigenvalue weighted by atomic mass is 16.5. The number of furan rings is 1. The molecule has 1 aromatic heterocycles. The number of hydrogen-bond acceptors (Lipinski definition) is 5. The minimum Gasteiger partial charge on any atom is -0.467 e. The Morgan fingerprint density at radius 1 is 1.55 bits per heavy atom. The lowest BCUT2D eigenvalue weighted by Gasteiger charge is -2.38. The monoisotopic (exact) mass is 281 g/mol. The van der Waals surface area contributed by atoms with E-state index < -0.39 is 5.97 Å². The number of hydrogen-bond donors (Lipinski definition) is 2. The first kappa shape index (κ1) is 15.1. The Morgan fingerprint density at radius 2 is 2.25 bits per heavy atom. The summed E-state index contributed by atoms with van der Waals surface area (Å²) in [6.07, 6.45) is 5.58. The number of carbonyl (C=O) groups is 1. The van der Waals surface area contributed by atoms with Gasteiger partial charge in [0.25, 0.3) is 0 Å². The lowest BCUT2D eigenvalue weighted by Crippen LogP contribution is -2.50. The van der Waals surface area contributed by atoms with Crippen molar-refractivity contribution in [3.63, 3.8) is 0 Å². The molecule has 0 unspecified atom stereocenters. The molecule has 0 bridgehead atoms. The van der Waals surface area contributed by atoms with E-state index in [1.807, 2.05) is 0 Å². The van der Waals surface area contributed by atoms with Gasteiger partial charge in [0.15, 0.2) is 0 Å². The number of esters is 1. The van der Waals surface area contributed by atoms with Gasteiger partial charge in [-0.15, -0.1) is 0 Å². The molecule has 0 saturated heterocycles. The Kier molecular flexibility index (Phi) is 4.83. The Hall–Kier alpha value is -1.33. The van der Waals surface area contributed by atoms with Gasteiger partial charge in [-0.3, -0.25) is 0 Å². The van der Waals surface area contributed by atoms with Crippen LogP contribution >= 0.6 is 0 Å². The van der Waals surface area contributed by atoms with Gasteiger partial charge in [0, 0.05) is 5.54 Å². The van der Waals surface area contributed by atoms with Crippen molar-refractivity contribution in [1.82, 2.24) is 5.32 Å². The van der Waals surface area contributed by atoms with E-state index in [9.17, 15) is 9.90 Å². The fourth-order valence-corrected chi connectivity index (χ4v) is 2.68. The number of carbonyl (C=O) groups excluding carboxylic acids is 1. The number of aliphatic hydroxyl groups excluding tert-OH is 1. The van der Waals surface area contributed by atoms with E-state index in [1.54, 1.807) is 6.07 Å². The minimum absolute atomic E-state index is 0.129. The zero-order chi connectivity index (χ0) is 14.6. The fourth-order valence-electron chi connectivity index (χ4n) is 2.68. The van der Waals surface area contributed by atoms with Crippen molar-refractivity contribution in [3.8, 4) is 0 Å². The second-order valence-electron chi connectivity index (χ2n) is 5.77. The molecule has 1 aromatic rings. The van der Waals surface area contributed by atoms with Crippen LogP contribution < -0.4 is 5.32 Å². The van der Waals surface area contributed by atoms with Gasteiger partial charge < -0.3 is 19.6 Å². The van der Waals surface area contributed by atoms with E-state index in [-0.39, 0.29) is 12.1 Å². The first-order valence-corrected chi connectivity index (χ1v) is 7.10. The van der Waals surface area contributed by atoms with E-state index >= 15 is 0 Å². The molecule has 0 aliphatic heterocycles. The standard InChI is InChI=1S/C15H23NO4/c1-11-3-5-15(10-17,6-4-11)16-8-13-7-12(9-20-13)14(18)19-2/h7,9,11,16-17H,3-6,8,10H2,1-2H3. The summed E-state index contributed by atoms with van der Waals surface area (Å²) in [5, 5.41) is 13.1. The lowest BCUT2D eigenvalue weighted by molar-refractivity contribution is 0.0600. The number of rotatable bonds is 5. The molecule has 1 aliphatic rings. The summed E-state index contributed by atoms with van der Waals surface area (Å²) < 4.78 is 9.98. The molecule has 0 spiro atoms. The summed E-state index contributed by atoms with van der Waals surface area (Å²) in [4.78, 5) is 11.3. The molecule has 5 heteroatoms. The second-order valence-corrected chi connectivity index (χ2v) is 5.77. The highest BCUT2D eigenvalue weighted by Crippen LogP contribution is 2.31. The molecule has 0 atom stereocenters. The third-order valence-corrected chi connectivity index (χ3v) is 4.25. The molecule has 0 aromatic carbocycles. The van der Waals surface area contributed by atoms with Gasteiger partial charge in [-0.1, -0.05) is 6.92 Å². The highest BCUT2D eigenvalue weighted by molar-refractivity contribution is 5.88. The zero-order valence-electron chi connectivity index (χ0n) is 12.1. The molecular formula is C15H23NO4. The Labute approximate surface area is 119 Å². The van der Waals surface area contributed by atoms with Crippen molar-refractivity contribution in [2.45, 2.75) is 44.7 Å². The maximum absolute atomic E-state index is 11.3. The molecule has 1 heterocycles. The summed E-state index contributed by atoms with van der Waals surface area (Å²) in [6.45, 7) is 2.88. The predicted molar refractivity (Wildman–Crippen MR) is 74.3 cm³/mol. The number of nitrogens with one attached hydrogen (secondary N) is 1. The summed E-state index contributed by atoms with van der Waals surface area (Å²) >= 11 is 0. The molecule has 2 rings (SSSR count). The summed E-state index contributed by atoms with van der Waals surface area (Å²) in [6, 6.07) is 1.68. The van der Waals surface area contributed by atoms with Crippen LogP contribution in [0.15, 0.2) is 16.7 Å². The minimum atomic E-state index is -0.400. The van der Waals surface area contributed by atoms with Crippen molar-refractivity contribution in [2.75, 3.05) is 13.7 Å². The quantitative estimate of drug-likeness (QED) is 0.809. The van der Waals surface area contributed by atoms with Crippen molar-refractivity contribution >= 4 is 5.97 Å². The second kappa shape index (κ2) is 6.41. The van der Waals surface area contributed by atoms with Crippen molar-refractivity contribution in [3.05, 3.63) is 23.7 Å². The van der Waals surface area contributed by atoms with Gasteiger partial charge in [0.2, 0.25) is 0 Å². The van der Waals surface area contributed by atoms with Crippen LogP contribution in [0, 0.1) is 5.92 Å². The van der Waals surface area contributed by atoms with Crippen LogP contribution in [0.25, 0.3) is 0 Å². The van der Waals surface area contributed by atoms with Crippen LogP contribution in [-0.4, -0.2) is 30.3 Å². The van der Waals surface area contributed by atoms with Crippen LogP contribution in [0.3, 0.4) is 0 Å². The molecule has 2 N–H and O–H groups in total. The molecular weight excluding hydrogens is 258 g/mol. The molecule has 1 saturated carbocycles. The molecule has 0 amide bonds. The zero-order valence-corrected chi connectivity index (χ0v) is 12.1. The van der Waals surface area contributed by atoms with Crippen LogP contribution in [0.2, 0.25) is 0 Å². The molecule has 112 valence electrons. The van der Waals surface area contributed by atoms with Crippen molar-refractivity contribution in [2.24, 2.45) is 5.92 Å². The molecule has 0 radical (unpaired) electrons. The first-order valence-electron chi connectivity index (χ1n) is 7.10. The molecule has 1 aliphatic carbocycles. The lowest BCUT2D eigenvalue weighted by atomic mass is 9.77. The van der Waals surface area contributed by atoms with Crippen molar-refractivity contribution < 1.29 is 19.1 Å². The summed E-state index contributed by atoms with van der Waals surface area (Å²) in [5.74, 6) is 1.01. The van der Waals surface area contributed by atoms with Gasteiger partial charge in [-0.2, -0.15) is 0 Å². The normalized spacial score (nSPS) is 26.4. The Morgan fingerprint density at radius 3 is 2.85 bits per heavy atom. The fraction of sp³-hybridized carbons (Fsp3) is 0.667. The number of methoxy groups -OCH3 is 1. The van der Waals surface area contributed by atoms with Gasteiger partial charge in [-0.05, 0) is 37.7 Å². The van der Waals surface area contributed by atoms with Gasteiger partial charge >= 0.3 is 5.97 Å². The smallest absolute Gasteiger partial charge is 0.341 e. The predicted octanol–water partition coefficient (Wildman–Crippen LogP) is 2.10. The van der Waals surface area contributed by atoms with Crippen LogP contribution in [0.1, 0.15) is 48.7 Å². The third kappa shape index (κ3) is 3.41. The third-order valence-electron chi connectivity index (χ3n) is 4.25. The summed E-state index contributed by atoms with van der Waals surface area (Å²) in [7, 11) is 1.34. The maximum atomic E-state index is 11.3. The van der Waals surface area contributed by atoms with E-state index in [4.69, 9.17) is 4.42 Å². The van der Waals surface area contributed by atoms with Crippen LogP contribution in [0.4, 0.5) is 0 Å². The molecule has 20 heavy (non-hydrogen) atoms. The average Bonchev–Trinajstić information content (AvgIpc) is 2.95. The number of ether oxygens (including phenoxy) is 1.